The highest BCUT2D eigenvalue weighted by Crippen LogP contribution is 2.01. The van der Waals surface area contributed by atoms with Crippen molar-refractivity contribution >= 4 is 21.7 Å². The van der Waals surface area contributed by atoms with Crippen LogP contribution >= 0.6 is 21.7 Å². The van der Waals surface area contributed by atoms with Gasteiger partial charge < -0.3 is 5.11 Å². The number of aliphatic hydroxyl groups is 1. The van der Waals surface area contributed by atoms with Crippen molar-refractivity contribution in [3.63, 3.8) is 0 Å². The molecule has 0 rings (SSSR count). The summed E-state index contributed by atoms with van der Waals surface area (Å²) in [6, 6.07) is 0. The first-order valence-electron chi connectivity index (χ1n) is 1.26. The Hall–Kier alpha value is 0.600. The zero-order valence-electron chi connectivity index (χ0n) is 2.65. The van der Waals surface area contributed by atoms with Gasteiger partial charge in [-0.3, -0.25) is 0 Å². The Balaban J connectivity index is 2.19. The Labute approximate surface area is 39.8 Å². The van der Waals surface area contributed by atoms with Crippen LogP contribution in [0.25, 0.3) is 0 Å². The third kappa shape index (κ3) is 4.60. The van der Waals surface area contributed by atoms with Crippen LogP contribution in [0.4, 0.5) is 0 Å². The van der Waals surface area contributed by atoms with E-state index in [9.17, 15) is 0 Å². The van der Waals surface area contributed by atoms with Crippen LogP contribution < -0.4 is 0 Å². The minimum atomic E-state index is 0.175. The van der Waals surface area contributed by atoms with E-state index >= 15 is 0 Å². The van der Waals surface area contributed by atoms with Crippen molar-refractivity contribution in [2.75, 3.05) is 12.4 Å². The summed E-state index contributed by atoms with van der Waals surface area (Å²) in [5.74, 6) is 0.627. The van der Waals surface area contributed by atoms with Crippen molar-refractivity contribution in [1.29, 1.82) is 0 Å². The van der Waals surface area contributed by atoms with E-state index in [0.29, 0.717) is 5.75 Å². The topological polar surface area (TPSA) is 20.2 Å². The summed E-state index contributed by atoms with van der Waals surface area (Å²) < 4.78 is 0. The van der Waals surface area contributed by atoms with Gasteiger partial charge in [-0.2, -0.15) is 0 Å². The van der Waals surface area contributed by atoms with Crippen molar-refractivity contribution < 1.29 is 5.11 Å². The van der Waals surface area contributed by atoms with Crippen LogP contribution in [0.3, 0.4) is 0 Å². The number of halogens is 1. The fourth-order valence-corrected chi connectivity index (χ4v) is 0.311. The smallest absolute Gasteiger partial charge is 0.0533 e. The zero-order chi connectivity index (χ0) is 4.12. The molecule has 0 radical (unpaired) electrons. The molecule has 0 aliphatic rings. The molecule has 0 bridgehead atoms. The van der Waals surface area contributed by atoms with Gasteiger partial charge in [0.15, 0.2) is 0 Å². The third-order valence-electron chi connectivity index (χ3n) is 0.168. The number of rotatable bonds is 2. The van der Waals surface area contributed by atoms with E-state index in [0.717, 1.165) is 11.0 Å². The quantitative estimate of drug-likeness (QED) is 0.572. The number of aliphatic hydroxyl groups excluding tert-OH is 1. The Kier molecular flexibility index (Phi) is 5.15. The molecule has 0 aromatic carbocycles. The summed E-state index contributed by atoms with van der Waals surface area (Å²) in [6.45, 7) is 0.175. The predicted molar refractivity (Wildman–Crippen MR) is 25.4 cm³/mol. The van der Waals surface area contributed by atoms with Gasteiger partial charge in [0, 0.05) is 5.75 Å². The Bertz CT molecular complexity index is 17.1. The predicted octanol–water partition coefficient (Wildman–Crippen LogP) is 0.866. The van der Waals surface area contributed by atoms with Crippen LogP contribution in [0.1, 0.15) is 0 Å². The van der Waals surface area contributed by atoms with Gasteiger partial charge in [0.1, 0.15) is 0 Å². The summed E-state index contributed by atoms with van der Waals surface area (Å²) in [4.78, 5) is 0. The van der Waals surface area contributed by atoms with E-state index in [1.165, 1.54) is 0 Å². The van der Waals surface area contributed by atoms with Crippen LogP contribution in [0.2, 0.25) is 0 Å². The van der Waals surface area contributed by atoms with E-state index in [2.05, 4.69) is 0 Å². The maximum absolute atomic E-state index is 7.96. The van der Waals surface area contributed by atoms with Crippen LogP contribution in [0.15, 0.2) is 0 Å². The molecular formula is C2H5ClOS. The van der Waals surface area contributed by atoms with Crippen molar-refractivity contribution in [3.8, 4) is 0 Å². The lowest BCUT2D eigenvalue weighted by Gasteiger charge is -1.77. The van der Waals surface area contributed by atoms with Crippen LogP contribution in [-0.2, 0) is 0 Å². The molecule has 1 N–H and O–H groups in total. The Morgan fingerprint density at radius 1 is 1.80 bits per heavy atom. The lowest BCUT2D eigenvalue weighted by Crippen LogP contribution is -1.79. The molecule has 0 amide bonds. The first-order valence-corrected chi connectivity index (χ1v) is 3.07. The van der Waals surface area contributed by atoms with Gasteiger partial charge >= 0.3 is 0 Å². The molecule has 0 saturated carbocycles. The van der Waals surface area contributed by atoms with Crippen molar-refractivity contribution in [1.82, 2.24) is 0 Å². The molecule has 1 nitrogen and oxygen atoms in total. The van der Waals surface area contributed by atoms with Crippen LogP contribution in [-0.4, -0.2) is 17.5 Å². The van der Waals surface area contributed by atoms with Gasteiger partial charge in [0.2, 0.25) is 0 Å². The second-order valence-corrected chi connectivity index (χ2v) is 1.82. The molecular weight excluding hydrogens is 108 g/mol. The molecule has 0 heterocycles. The second kappa shape index (κ2) is 4.60. The summed E-state index contributed by atoms with van der Waals surface area (Å²) in [5, 5.41) is 7.96. The van der Waals surface area contributed by atoms with E-state index in [1.807, 2.05) is 0 Å². The summed E-state index contributed by atoms with van der Waals surface area (Å²) >= 11 is 0. The van der Waals surface area contributed by atoms with E-state index in [4.69, 9.17) is 15.8 Å². The molecule has 5 heavy (non-hydrogen) atoms. The summed E-state index contributed by atoms with van der Waals surface area (Å²) in [6.07, 6.45) is 0. The minimum absolute atomic E-state index is 0.175. The molecule has 32 valence electrons. The standard InChI is InChI=1S/C2H5ClOS/c3-5-2-1-4/h4H,1-2H2. The highest BCUT2D eigenvalue weighted by Gasteiger charge is 1.71. The van der Waals surface area contributed by atoms with Gasteiger partial charge in [-0.1, -0.05) is 11.0 Å². The van der Waals surface area contributed by atoms with Gasteiger partial charge in [0.25, 0.3) is 0 Å². The highest BCUT2D eigenvalue weighted by atomic mass is 35.7. The summed E-state index contributed by atoms with van der Waals surface area (Å²) in [7, 11) is 6.18. The average Bonchev–Trinajstić information content (AvgIpc) is 1.41. The molecule has 0 aromatic rings. The van der Waals surface area contributed by atoms with Crippen LogP contribution in [0, 0.1) is 0 Å². The lowest BCUT2D eigenvalue weighted by molar-refractivity contribution is 0.323. The molecule has 0 atom stereocenters. The molecule has 0 aromatic heterocycles. The SMILES string of the molecule is OCCSCl. The fourth-order valence-electron chi connectivity index (χ4n) is 0.0345. The monoisotopic (exact) mass is 112 g/mol. The van der Waals surface area contributed by atoms with Crippen molar-refractivity contribution in [2.24, 2.45) is 0 Å². The van der Waals surface area contributed by atoms with Crippen LogP contribution in [0.5, 0.6) is 0 Å². The third-order valence-corrected chi connectivity index (χ3v) is 0.968. The maximum Gasteiger partial charge on any atom is 0.0533 e. The van der Waals surface area contributed by atoms with Crippen molar-refractivity contribution in [3.05, 3.63) is 0 Å². The maximum atomic E-state index is 7.96. The lowest BCUT2D eigenvalue weighted by atomic mass is 10.9. The Morgan fingerprint density at radius 3 is 2.40 bits per heavy atom. The Morgan fingerprint density at radius 2 is 2.40 bits per heavy atom. The molecule has 0 unspecified atom stereocenters. The average molecular weight is 113 g/mol. The largest absolute Gasteiger partial charge is 0.395 e. The van der Waals surface area contributed by atoms with E-state index in [1.54, 1.807) is 0 Å². The first kappa shape index (κ1) is 5.60. The summed E-state index contributed by atoms with van der Waals surface area (Å²) in [5.41, 5.74) is 0. The highest BCUT2D eigenvalue weighted by molar-refractivity contribution is 8.21. The number of hydrogen-bond acceptors (Lipinski definition) is 2. The van der Waals surface area contributed by atoms with Gasteiger partial charge in [-0.15, -0.1) is 0 Å². The fraction of sp³-hybridized carbons (Fsp3) is 1.00. The van der Waals surface area contributed by atoms with Gasteiger partial charge in [0.05, 0.1) is 6.61 Å². The van der Waals surface area contributed by atoms with E-state index < -0.39 is 0 Å². The number of hydrogen-bond donors (Lipinski definition) is 1. The molecule has 0 aliphatic carbocycles. The van der Waals surface area contributed by atoms with Crippen molar-refractivity contribution in [2.45, 2.75) is 0 Å². The van der Waals surface area contributed by atoms with Gasteiger partial charge in [-0.25, -0.2) is 0 Å². The molecule has 0 saturated heterocycles. The van der Waals surface area contributed by atoms with Gasteiger partial charge in [-0.05, 0) is 10.7 Å². The molecule has 0 fully saturated rings. The molecule has 3 heteroatoms. The minimum Gasteiger partial charge on any atom is -0.395 e. The zero-order valence-corrected chi connectivity index (χ0v) is 4.22. The normalized spacial score (nSPS) is 8.40. The molecule has 0 spiro atoms. The van der Waals surface area contributed by atoms with E-state index in [-0.39, 0.29) is 6.61 Å². The second-order valence-electron chi connectivity index (χ2n) is 0.537. The first-order chi connectivity index (χ1) is 2.41. The molecule has 0 aliphatic heterocycles.